The molecule has 0 radical (unpaired) electrons. The zero-order valence-electron chi connectivity index (χ0n) is 10.5. The molecule has 1 N–H and O–H groups in total. The van der Waals surface area contributed by atoms with E-state index in [1.807, 2.05) is 12.1 Å². The van der Waals surface area contributed by atoms with E-state index in [1.54, 1.807) is 0 Å². The van der Waals surface area contributed by atoms with Crippen molar-refractivity contribution in [2.24, 2.45) is 0 Å². The second-order valence-electron chi connectivity index (χ2n) is 4.91. The van der Waals surface area contributed by atoms with E-state index >= 15 is 0 Å². The van der Waals surface area contributed by atoms with Crippen molar-refractivity contribution in [1.29, 1.82) is 0 Å². The van der Waals surface area contributed by atoms with Crippen LogP contribution < -0.4 is 0 Å². The Labute approximate surface area is 106 Å². The van der Waals surface area contributed by atoms with Crippen molar-refractivity contribution in [2.45, 2.75) is 32.2 Å². The van der Waals surface area contributed by atoms with Crippen LogP contribution in [0.25, 0.3) is 11.4 Å². The van der Waals surface area contributed by atoms with Gasteiger partial charge in [-0.1, -0.05) is 23.8 Å². The van der Waals surface area contributed by atoms with E-state index in [0.717, 1.165) is 36.5 Å². The van der Waals surface area contributed by atoms with Gasteiger partial charge in [0.2, 0.25) is 0 Å². The van der Waals surface area contributed by atoms with E-state index in [1.165, 1.54) is 5.56 Å². The smallest absolute Gasteiger partial charge is 0.164 e. The Morgan fingerprint density at radius 1 is 1.39 bits per heavy atom. The molecular weight excluding hydrogens is 226 g/mol. The molecule has 2 heterocycles. The molecule has 0 bridgehead atoms. The normalized spacial score (nSPS) is 18.7. The molecule has 1 aliphatic rings. The van der Waals surface area contributed by atoms with Gasteiger partial charge >= 0.3 is 0 Å². The summed E-state index contributed by atoms with van der Waals surface area (Å²) >= 11 is 0. The maximum Gasteiger partial charge on any atom is 0.164 e. The monoisotopic (exact) mass is 243 g/mol. The van der Waals surface area contributed by atoms with Gasteiger partial charge in [-0.2, -0.15) is 0 Å². The Kier molecular flexibility index (Phi) is 2.88. The van der Waals surface area contributed by atoms with Gasteiger partial charge in [-0.25, -0.2) is 0 Å². The number of aliphatic hydroxyl groups is 1. The highest BCUT2D eigenvalue weighted by molar-refractivity contribution is 5.56. The van der Waals surface area contributed by atoms with Crippen LogP contribution in [0.2, 0.25) is 0 Å². The number of hydrogen-bond donors (Lipinski definition) is 1. The molecule has 0 amide bonds. The first-order chi connectivity index (χ1) is 8.79. The largest absolute Gasteiger partial charge is 0.394 e. The van der Waals surface area contributed by atoms with E-state index in [4.69, 9.17) is 0 Å². The minimum atomic E-state index is 0.124. The Bertz CT molecular complexity index is 562. The Balaban J connectivity index is 2.11. The highest BCUT2D eigenvalue weighted by Gasteiger charge is 2.24. The maximum absolute atomic E-state index is 9.51. The van der Waals surface area contributed by atoms with Crippen molar-refractivity contribution < 1.29 is 5.11 Å². The number of aromatic nitrogens is 3. The molecule has 3 rings (SSSR count). The van der Waals surface area contributed by atoms with Gasteiger partial charge in [-0.3, -0.25) is 0 Å². The first-order valence-electron chi connectivity index (χ1n) is 6.41. The summed E-state index contributed by atoms with van der Waals surface area (Å²) in [5.41, 5.74) is 2.29. The highest BCUT2D eigenvalue weighted by atomic mass is 16.3. The molecule has 4 heteroatoms. The van der Waals surface area contributed by atoms with Gasteiger partial charge in [0.25, 0.3) is 0 Å². The molecule has 1 aliphatic heterocycles. The lowest BCUT2D eigenvalue weighted by molar-refractivity contribution is 0.207. The van der Waals surface area contributed by atoms with Gasteiger partial charge in [0.15, 0.2) is 5.82 Å². The lowest BCUT2D eigenvalue weighted by atomic mass is 10.0. The number of aliphatic hydroxyl groups excluding tert-OH is 1. The third-order valence-corrected chi connectivity index (χ3v) is 3.56. The fourth-order valence-electron chi connectivity index (χ4n) is 2.66. The third-order valence-electron chi connectivity index (χ3n) is 3.56. The van der Waals surface area contributed by atoms with Gasteiger partial charge in [0.05, 0.1) is 12.6 Å². The van der Waals surface area contributed by atoms with E-state index in [2.05, 4.69) is 33.8 Å². The third kappa shape index (κ3) is 1.82. The van der Waals surface area contributed by atoms with Gasteiger partial charge < -0.3 is 9.67 Å². The first kappa shape index (κ1) is 11.4. The molecule has 2 aromatic rings. The van der Waals surface area contributed by atoms with E-state index in [9.17, 15) is 5.11 Å². The number of benzene rings is 1. The summed E-state index contributed by atoms with van der Waals surface area (Å²) < 4.78 is 2.11. The van der Waals surface area contributed by atoms with Crippen molar-refractivity contribution >= 4 is 0 Å². The van der Waals surface area contributed by atoms with Crippen molar-refractivity contribution in [2.75, 3.05) is 6.61 Å². The maximum atomic E-state index is 9.51. The Hall–Kier alpha value is -1.68. The number of nitrogens with zero attached hydrogens (tertiary/aromatic N) is 3. The second kappa shape index (κ2) is 4.53. The lowest BCUT2D eigenvalue weighted by Gasteiger charge is -2.24. The molecule has 1 atom stereocenters. The van der Waals surface area contributed by atoms with Crippen LogP contribution in [-0.2, 0) is 6.42 Å². The molecule has 0 saturated carbocycles. The highest BCUT2D eigenvalue weighted by Crippen LogP contribution is 2.29. The van der Waals surface area contributed by atoms with Gasteiger partial charge in [0.1, 0.15) is 5.82 Å². The number of fused-ring (bicyclic) bond motifs is 1. The fourth-order valence-corrected chi connectivity index (χ4v) is 2.66. The summed E-state index contributed by atoms with van der Waals surface area (Å²) in [4.78, 5) is 0. The minimum Gasteiger partial charge on any atom is -0.394 e. The SMILES string of the molecule is Cc1cccc(-c2nnc3n2C(CO)CCC3)c1. The summed E-state index contributed by atoms with van der Waals surface area (Å²) in [5.74, 6) is 1.88. The predicted molar refractivity (Wildman–Crippen MR) is 69.3 cm³/mol. The van der Waals surface area contributed by atoms with Crippen LogP contribution in [0, 0.1) is 6.92 Å². The minimum absolute atomic E-state index is 0.124. The van der Waals surface area contributed by atoms with E-state index in [-0.39, 0.29) is 12.6 Å². The van der Waals surface area contributed by atoms with Crippen LogP contribution in [0.5, 0.6) is 0 Å². The molecule has 0 aliphatic carbocycles. The molecule has 1 aromatic carbocycles. The molecular formula is C14H17N3O. The van der Waals surface area contributed by atoms with Crippen molar-refractivity contribution in [3.63, 3.8) is 0 Å². The van der Waals surface area contributed by atoms with Crippen molar-refractivity contribution in [3.8, 4) is 11.4 Å². The molecule has 1 unspecified atom stereocenters. The predicted octanol–water partition coefficient (Wildman–Crippen LogP) is 2.12. The first-order valence-corrected chi connectivity index (χ1v) is 6.41. The molecule has 0 fully saturated rings. The van der Waals surface area contributed by atoms with Crippen LogP contribution in [0.15, 0.2) is 24.3 Å². The van der Waals surface area contributed by atoms with Gasteiger partial charge in [0, 0.05) is 12.0 Å². The summed E-state index contributed by atoms with van der Waals surface area (Å²) in [6.07, 6.45) is 3.03. The van der Waals surface area contributed by atoms with Crippen LogP contribution in [0.3, 0.4) is 0 Å². The van der Waals surface area contributed by atoms with Crippen molar-refractivity contribution in [3.05, 3.63) is 35.7 Å². The Morgan fingerprint density at radius 2 is 2.28 bits per heavy atom. The summed E-state index contributed by atoms with van der Waals surface area (Å²) in [5, 5.41) is 18.1. The average Bonchev–Trinajstić information content (AvgIpc) is 2.82. The van der Waals surface area contributed by atoms with Crippen molar-refractivity contribution in [1.82, 2.24) is 14.8 Å². The number of hydrogen-bond acceptors (Lipinski definition) is 3. The fraction of sp³-hybridized carbons (Fsp3) is 0.429. The zero-order valence-corrected chi connectivity index (χ0v) is 10.5. The summed E-state index contributed by atoms with van der Waals surface area (Å²) in [6.45, 7) is 2.23. The van der Waals surface area contributed by atoms with Gasteiger partial charge in [-0.15, -0.1) is 10.2 Å². The summed E-state index contributed by atoms with van der Waals surface area (Å²) in [6, 6.07) is 8.39. The average molecular weight is 243 g/mol. The molecule has 0 saturated heterocycles. The molecule has 0 spiro atoms. The molecule has 18 heavy (non-hydrogen) atoms. The molecule has 4 nitrogen and oxygen atoms in total. The van der Waals surface area contributed by atoms with Crippen LogP contribution in [0.1, 0.15) is 30.3 Å². The quantitative estimate of drug-likeness (QED) is 0.879. The Morgan fingerprint density at radius 3 is 3.06 bits per heavy atom. The number of aryl methyl sites for hydroxylation is 2. The molecule has 1 aromatic heterocycles. The second-order valence-corrected chi connectivity index (χ2v) is 4.91. The summed E-state index contributed by atoms with van der Waals surface area (Å²) in [7, 11) is 0. The standard InChI is InChI=1S/C14H17N3O/c1-10-4-2-5-11(8-10)14-16-15-13-7-3-6-12(9-18)17(13)14/h2,4-5,8,12,18H,3,6-7,9H2,1H3. The van der Waals surface area contributed by atoms with Crippen LogP contribution >= 0.6 is 0 Å². The van der Waals surface area contributed by atoms with E-state index in [0.29, 0.717) is 0 Å². The van der Waals surface area contributed by atoms with Crippen LogP contribution in [-0.4, -0.2) is 26.5 Å². The molecule has 94 valence electrons. The topological polar surface area (TPSA) is 50.9 Å². The van der Waals surface area contributed by atoms with Gasteiger partial charge in [-0.05, 0) is 25.8 Å². The number of rotatable bonds is 2. The zero-order chi connectivity index (χ0) is 12.5. The van der Waals surface area contributed by atoms with E-state index < -0.39 is 0 Å². The lowest BCUT2D eigenvalue weighted by Crippen LogP contribution is -2.21. The van der Waals surface area contributed by atoms with Crippen LogP contribution in [0.4, 0.5) is 0 Å².